The predicted molar refractivity (Wildman–Crippen MR) is 59.2 cm³/mol. The van der Waals surface area contributed by atoms with Crippen LogP contribution in [0.4, 0.5) is 0 Å². The van der Waals surface area contributed by atoms with Gasteiger partial charge in [-0.15, -0.1) is 0 Å². The van der Waals surface area contributed by atoms with Gasteiger partial charge in [0, 0.05) is 5.56 Å². The summed E-state index contributed by atoms with van der Waals surface area (Å²) >= 11 is 0. The van der Waals surface area contributed by atoms with Gasteiger partial charge in [0.2, 0.25) is 0 Å². The van der Waals surface area contributed by atoms with E-state index in [1.165, 1.54) is 0 Å². The fraction of sp³-hybridized carbons (Fsp3) is 0.357. The van der Waals surface area contributed by atoms with Gasteiger partial charge in [-0.1, -0.05) is 43.9 Å². The second-order valence-electron chi connectivity index (χ2n) is 4.87. The van der Waals surface area contributed by atoms with E-state index in [1.54, 1.807) is 0 Å². The van der Waals surface area contributed by atoms with Gasteiger partial charge in [0.15, 0.2) is 0 Å². The van der Waals surface area contributed by atoms with Crippen molar-refractivity contribution in [1.82, 2.24) is 0 Å². The fourth-order valence-electron chi connectivity index (χ4n) is 1.93. The molecule has 0 N–H and O–H groups in total. The van der Waals surface area contributed by atoms with Crippen LogP contribution in [0.5, 0.6) is 0 Å². The molecule has 2 nitrogen and oxygen atoms in total. The number of hydrogen-bond donors (Lipinski definition) is 0. The smallest absolute Gasteiger partial charge is 0.0768 e. The van der Waals surface area contributed by atoms with Crippen molar-refractivity contribution < 1.29 is 9.90 Å². The highest BCUT2D eigenvalue weighted by atomic mass is 16.4. The summed E-state index contributed by atoms with van der Waals surface area (Å²) in [5.41, 5.74) is -0.387. The number of carboxylic acid groups (broad SMARTS) is 1. The first-order valence-corrected chi connectivity index (χ1v) is 5.28. The Balaban J connectivity index is 2.29. The molecule has 1 aliphatic carbocycles. The summed E-state index contributed by atoms with van der Waals surface area (Å²) in [6.07, 6.45) is 0.572. The lowest BCUT2D eigenvalue weighted by molar-refractivity contribution is -0.312. The van der Waals surface area contributed by atoms with Gasteiger partial charge >= 0.3 is 0 Å². The van der Waals surface area contributed by atoms with Crippen LogP contribution in [0.25, 0.3) is 0 Å². The Morgan fingerprint density at radius 2 is 1.88 bits per heavy atom. The first-order valence-electron chi connectivity index (χ1n) is 5.28. The number of rotatable bonds is 1. The average Bonchev–Trinajstić information content (AvgIpc) is 2.81. The summed E-state index contributed by atoms with van der Waals surface area (Å²) in [7, 11) is 0. The molecule has 0 heterocycles. The zero-order valence-corrected chi connectivity index (χ0v) is 9.41. The zero-order valence-electron chi connectivity index (χ0n) is 9.41. The number of carboxylic acids is 1. The fourth-order valence-corrected chi connectivity index (χ4v) is 1.93. The molecule has 1 fully saturated rings. The molecule has 2 rings (SSSR count). The largest absolute Gasteiger partial charge is 0.548 e. The molecular formula is C14H13O2-. The van der Waals surface area contributed by atoms with Gasteiger partial charge < -0.3 is 9.90 Å². The van der Waals surface area contributed by atoms with Gasteiger partial charge in [0.25, 0.3) is 0 Å². The molecule has 0 unspecified atom stereocenters. The Labute approximate surface area is 95.3 Å². The van der Waals surface area contributed by atoms with Crippen LogP contribution in [0.1, 0.15) is 25.8 Å². The quantitative estimate of drug-likeness (QED) is 0.658. The maximum absolute atomic E-state index is 11.1. The predicted octanol–water partition coefficient (Wildman–Crippen LogP) is 1.20. The first kappa shape index (κ1) is 10.8. The maximum atomic E-state index is 11.1. The third-order valence-electron chi connectivity index (χ3n) is 3.28. The molecule has 1 saturated carbocycles. The Kier molecular flexibility index (Phi) is 2.27. The third-order valence-corrected chi connectivity index (χ3v) is 3.28. The molecule has 1 aromatic rings. The van der Waals surface area contributed by atoms with Gasteiger partial charge in [-0.05, 0) is 24.0 Å². The lowest BCUT2D eigenvalue weighted by Gasteiger charge is -2.14. The number of carbonyl (C=O) groups is 1. The Bertz CT molecular complexity index is 476. The summed E-state index contributed by atoms with van der Waals surface area (Å²) in [6.45, 7) is 3.81. The van der Waals surface area contributed by atoms with Crippen molar-refractivity contribution in [2.45, 2.75) is 20.3 Å². The molecule has 0 amide bonds. The van der Waals surface area contributed by atoms with Crippen LogP contribution in [-0.2, 0) is 4.79 Å². The Hall–Kier alpha value is -1.75. The number of hydrogen-bond acceptors (Lipinski definition) is 2. The molecule has 1 aromatic carbocycles. The van der Waals surface area contributed by atoms with Crippen molar-refractivity contribution in [1.29, 1.82) is 0 Å². The monoisotopic (exact) mass is 213 g/mol. The Morgan fingerprint density at radius 3 is 2.31 bits per heavy atom. The van der Waals surface area contributed by atoms with E-state index >= 15 is 0 Å². The van der Waals surface area contributed by atoms with E-state index in [2.05, 4.69) is 11.8 Å². The Morgan fingerprint density at radius 1 is 1.31 bits per heavy atom. The van der Waals surface area contributed by atoms with Crippen molar-refractivity contribution in [3.63, 3.8) is 0 Å². The number of benzene rings is 1. The van der Waals surface area contributed by atoms with Crippen molar-refractivity contribution in [3.05, 3.63) is 35.9 Å². The molecule has 0 aromatic heterocycles. The summed E-state index contributed by atoms with van der Waals surface area (Å²) in [5.74, 6) is 4.72. The van der Waals surface area contributed by atoms with E-state index in [1.807, 2.05) is 44.2 Å². The molecule has 0 aliphatic heterocycles. The van der Waals surface area contributed by atoms with E-state index in [0.29, 0.717) is 6.42 Å². The van der Waals surface area contributed by atoms with Gasteiger partial charge in [0.1, 0.15) is 0 Å². The van der Waals surface area contributed by atoms with Crippen LogP contribution in [0, 0.1) is 22.7 Å². The van der Waals surface area contributed by atoms with Crippen molar-refractivity contribution in [3.8, 4) is 11.8 Å². The topological polar surface area (TPSA) is 40.1 Å². The van der Waals surface area contributed by atoms with Gasteiger partial charge in [-0.2, -0.15) is 0 Å². The SMILES string of the molecule is CC1(C)C[C@@]1(C#Cc1ccccc1)C(=O)[O-]. The standard InChI is InChI=1S/C14H14O2/c1-13(2)10-14(13,12(15)16)9-8-11-6-4-3-5-7-11/h3-7H,10H2,1-2H3,(H,15,16)/p-1/t14-/m0/s1. The molecule has 0 bridgehead atoms. The van der Waals surface area contributed by atoms with E-state index in [0.717, 1.165) is 5.56 Å². The molecule has 1 aliphatic rings. The number of aliphatic carboxylic acids is 1. The highest BCUT2D eigenvalue weighted by molar-refractivity contribution is 5.82. The maximum Gasteiger partial charge on any atom is 0.0768 e. The summed E-state index contributed by atoms with van der Waals surface area (Å²) < 4.78 is 0. The molecule has 0 spiro atoms. The van der Waals surface area contributed by atoms with Crippen LogP contribution in [0.2, 0.25) is 0 Å². The molecule has 82 valence electrons. The lowest BCUT2D eigenvalue weighted by Crippen LogP contribution is -2.34. The number of carbonyl (C=O) groups excluding carboxylic acids is 1. The second-order valence-corrected chi connectivity index (χ2v) is 4.87. The molecule has 1 atom stereocenters. The summed E-state index contributed by atoms with van der Waals surface area (Å²) in [5, 5.41) is 11.1. The van der Waals surface area contributed by atoms with Crippen LogP contribution >= 0.6 is 0 Å². The molecular weight excluding hydrogens is 200 g/mol. The van der Waals surface area contributed by atoms with Crippen LogP contribution in [-0.4, -0.2) is 5.97 Å². The van der Waals surface area contributed by atoms with Crippen LogP contribution in [0.3, 0.4) is 0 Å². The highest BCUT2D eigenvalue weighted by Crippen LogP contribution is 2.62. The van der Waals surface area contributed by atoms with Gasteiger partial charge in [-0.25, -0.2) is 0 Å². The summed E-state index contributed by atoms with van der Waals surface area (Å²) in [4.78, 5) is 11.1. The lowest BCUT2D eigenvalue weighted by atomic mass is 9.96. The van der Waals surface area contributed by atoms with Crippen molar-refractivity contribution >= 4 is 5.97 Å². The second kappa shape index (κ2) is 3.38. The molecule has 16 heavy (non-hydrogen) atoms. The minimum Gasteiger partial charge on any atom is -0.548 e. The normalized spacial score (nSPS) is 25.4. The molecule has 0 saturated heterocycles. The third kappa shape index (κ3) is 1.59. The molecule has 2 heteroatoms. The van der Waals surface area contributed by atoms with Crippen LogP contribution < -0.4 is 5.11 Å². The van der Waals surface area contributed by atoms with E-state index in [-0.39, 0.29) is 5.41 Å². The van der Waals surface area contributed by atoms with E-state index in [4.69, 9.17) is 0 Å². The minimum atomic E-state index is -1.05. The summed E-state index contributed by atoms with van der Waals surface area (Å²) in [6, 6.07) is 9.40. The van der Waals surface area contributed by atoms with Crippen molar-refractivity contribution in [2.75, 3.05) is 0 Å². The first-order chi connectivity index (χ1) is 7.48. The zero-order chi connectivity index (χ0) is 11.8. The van der Waals surface area contributed by atoms with E-state index in [9.17, 15) is 9.90 Å². The van der Waals surface area contributed by atoms with Gasteiger partial charge in [-0.3, -0.25) is 0 Å². The van der Waals surface area contributed by atoms with Crippen molar-refractivity contribution in [2.24, 2.45) is 10.8 Å². The minimum absolute atomic E-state index is 0.270. The average molecular weight is 213 g/mol. The van der Waals surface area contributed by atoms with Gasteiger partial charge in [0.05, 0.1) is 11.4 Å². The van der Waals surface area contributed by atoms with E-state index < -0.39 is 11.4 Å². The highest BCUT2D eigenvalue weighted by Gasteiger charge is 2.61. The molecule has 0 radical (unpaired) electrons. The van der Waals surface area contributed by atoms with Crippen LogP contribution in [0.15, 0.2) is 30.3 Å².